The van der Waals surface area contributed by atoms with E-state index in [4.69, 9.17) is 0 Å². The number of benzene rings is 2. The molecule has 0 radical (unpaired) electrons. The van der Waals surface area contributed by atoms with Crippen molar-refractivity contribution < 1.29 is 4.79 Å². The predicted octanol–water partition coefficient (Wildman–Crippen LogP) is 3.84. The molecule has 0 saturated heterocycles. The number of nitrogens with zero attached hydrogens (tertiary/aromatic N) is 3. The van der Waals surface area contributed by atoms with Gasteiger partial charge in [0.15, 0.2) is 5.82 Å². The first-order valence-corrected chi connectivity index (χ1v) is 9.06. The quantitative estimate of drug-likeness (QED) is 0.726. The second kappa shape index (κ2) is 8.45. The predicted molar refractivity (Wildman–Crippen MR) is 109 cm³/mol. The molecule has 0 unspecified atom stereocenters. The van der Waals surface area contributed by atoms with Crippen LogP contribution < -0.4 is 10.2 Å². The Labute approximate surface area is 160 Å². The van der Waals surface area contributed by atoms with Gasteiger partial charge >= 0.3 is 0 Å². The smallest absolute Gasteiger partial charge is 0.256 e. The third-order valence-electron chi connectivity index (χ3n) is 4.42. The monoisotopic (exact) mass is 360 g/mol. The molecule has 1 heterocycles. The average molecular weight is 360 g/mol. The third kappa shape index (κ3) is 4.50. The van der Waals surface area contributed by atoms with Gasteiger partial charge in [-0.1, -0.05) is 54.1 Å². The molecule has 5 nitrogen and oxygen atoms in total. The third-order valence-corrected chi connectivity index (χ3v) is 4.42. The van der Waals surface area contributed by atoms with Gasteiger partial charge in [0.25, 0.3) is 5.91 Å². The molecule has 2 aromatic carbocycles. The molecule has 0 atom stereocenters. The highest BCUT2D eigenvalue weighted by molar-refractivity contribution is 5.98. The molecule has 5 heteroatoms. The lowest BCUT2D eigenvalue weighted by atomic mass is 10.1. The van der Waals surface area contributed by atoms with Crippen LogP contribution in [-0.2, 0) is 6.54 Å². The van der Waals surface area contributed by atoms with Crippen molar-refractivity contribution in [3.05, 3.63) is 77.5 Å². The van der Waals surface area contributed by atoms with Gasteiger partial charge in [0.2, 0.25) is 0 Å². The van der Waals surface area contributed by atoms with E-state index in [1.165, 1.54) is 0 Å². The van der Waals surface area contributed by atoms with Gasteiger partial charge in [-0.15, -0.1) is 0 Å². The Morgan fingerprint density at radius 3 is 2.59 bits per heavy atom. The zero-order valence-corrected chi connectivity index (χ0v) is 15.9. The summed E-state index contributed by atoms with van der Waals surface area (Å²) in [5.41, 5.74) is 3.61. The Hall–Kier alpha value is -3.21. The van der Waals surface area contributed by atoms with Crippen LogP contribution in [0.25, 0.3) is 11.4 Å². The van der Waals surface area contributed by atoms with Crippen LogP contribution in [0.15, 0.2) is 60.8 Å². The SMILES string of the molecule is CCN(C)c1nc(-c2cccc(C)c2)ncc1C(=O)NCc1ccccc1. The van der Waals surface area contributed by atoms with Crippen molar-refractivity contribution in [1.82, 2.24) is 15.3 Å². The van der Waals surface area contributed by atoms with Crippen LogP contribution >= 0.6 is 0 Å². The van der Waals surface area contributed by atoms with E-state index in [0.29, 0.717) is 23.8 Å². The van der Waals surface area contributed by atoms with Crippen molar-refractivity contribution in [3.8, 4) is 11.4 Å². The highest BCUT2D eigenvalue weighted by Gasteiger charge is 2.18. The summed E-state index contributed by atoms with van der Waals surface area (Å²) in [5, 5.41) is 2.96. The molecule has 3 rings (SSSR count). The van der Waals surface area contributed by atoms with Gasteiger partial charge in [-0.25, -0.2) is 9.97 Å². The lowest BCUT2D eigenvalue weighted by Crippen LogP contribution is -2.28. The number of nitrogens with one attached hydrogen (secondary N) is 1. The molecule has 138 valence electrons. The zero-order chi connectivity index (χ0) is 19.2. The van der Waals surface area contributed by atoms with Gasteiger partial charge in [0.1, 0.15) is 11.4 Å². The van der Waals surface area contributed by atoms with Gasteiger partial charge in [-0.3, -0.25) is 4.79 Å². The highest BCUT2D eigenvalue weighted by atomic mass is 16.1. The number of anilines is 1. The Balaban J connectivity index is 1.88. The van der Waals surface area contributed by atoms with Crippen LogP contribution in [0.5, 0.6) is 0 Å². The van der Waals surface area contributed by atoms with Crippen LogP contribution in [0.2, 0.25) is 0 Å². The second-order valence-electron chi connectivity index (χ2n) is 6.48. The second-order valence-corrected chi connectivity index (χ2v) is 6.48. The van der Waals surface area contributed by atoms with Crippen molar-refractivity contribution in [1.29, 1.82) is 0 Å². The van der Waals surface area contributed by atoms with Crippen molar-refractivity contribution >= 4 is 11.7 Å². The van der Waals surface area contributed by atoms with E-state index in [-0.39, 0.29) is 5.91 Å². The van der Waals surface area contributed by atoms with Crippen LogP contribution in [0.4, 0.5) is 5.82 Å². The summed E-state index contributed by atoms with van der Waals surface area (Å²) in [6.45, 7) is 5.27. The zero-order valence-electron chi connectivity index (χ0n) is 15.9. The molecule has 1 amide bonds. The summed E-state index contributed by atoms with van der Waals surface area (Å²) < 4.78 is 0. The van der Waals surface area contributed by atoms with Gasteiger partial charge in [-0.2, -0.15) is 0 Å². The fraction of sp³-hybridized carbons (Fsp3) is 0.227. The number of hydrogen-bond donors (Lipinski definition) is 1. The standard InChI is InChI=1S/C22H24N4O/c1-4-26(3)21-19(22(27)24-14-17-10-6-5-7-11-17)15-23-20(25-21)18-12-8-9-16(2)13-18/h5-13,15H,4,14H2,1-3H3,(H,24,27). The minimum Gasteiger partial charge on any atom is -0.359 e. The van der Waals surface area contributed by atoms with Crippen LogP contribution in [0.1, 0.15) is 28.4 Å². The van der Waals surface area contributed by atoms with Crippen LogP contribution in [-0.4, -0.2) is 29.5 Å². The van der Waals surface area contributed by atoms with E-state index >= 15 is 0 Å². The normalized spacial score (nSPS) is 10.5. The molecule has 0 aliphatic heterocycles. The van der Waals surface area contributed by atoms with Crippen molar-refractivity contribution in [2.45, 2.75) is 20.4 Å². The average Bonchev–Trinajstić information content (AvgIpc) is 2.71. The van der Waals surface area contributed by atoms with E-state index < -0.39 is 0 Å². The van der Waals surface area contributed by atoms with E-state index in [1.807, 2.05) is 80.4 Å². The lowest BCUT2D eigenvalue weighted by molar-refractivity contribution is 0.0950. The molecular formula is C22H24N4O. The largest absolute Gasteiger partial charge is 0.359 e. The van der Waals surface area contributed by atoms with Gasteiger partial charge < -0.3 is 10.2 Å². The van der Waals surface area contributed by atoms with Crippen LogP contribution in [0, 0.1) is 6.92 Å². The lowest BCUT2D eigenvalue weighted by Gasteiger charge is -2.19. The summed E-state index contributed by atoms with van der Waals surface area (Å²) in [6.07, 6.45) is 1.62. The van der Waals surface area contributed by atoms with Gasteiger partial charge in [0.05, 0.1) is 0 Å². The van der Waals surface area contributed by atoms with E-state index in [2.05, 4.69) is 15.3 Å². The number of carbonyl (C=O) groups is 1. The number of amides is 1. The summed E-state index contributed by atoms with van der Waals surface area (Å²) in [5.74, 6) is 1.08. The van der Waals surface area contributed by atoms with Crippen molar-refractivity contribution in [2.24, 2.45) is 0 Å². The van der Waals surface area contributed by atoms with Gasteiger partial charge in [-0.05, 0) is 25.5 Å². The molecule has 0 aliphatic carbocycles. The fourth-order valence-electron chi connectivity index (χ4n) is 2.77. The van der Waals surface area contributed by atoms with E-state index in [0.717, 1.165) is 23.2 Å². The topological polar surface area (TPSA) is 58.1 Å². The number of aryl methyl sites for hydroxylation is 1. The van der Waals surface area contributed by atoms with E-state index in [1.54, 1.807) is 6.20 Å². The Morgan fingerprint density at radius 2 is 1.89 bits per heavy atom. The first-order valence-electron chi connectivity index (χ1n) is 9.06. The molecule has 0 spiro atoms. The maximum atomic E-state index is 12.7. The summed E-state index contributed by atoms with van der Waals surface area (Å²) in [4.78, 5) is 23.8. The minimum absolute atomic E-state index is 0.176. The molecule has 27 heavy (non-hydrogen) atoms. The molecule has 0 saturated carbocycles. The molecule has 1 aromatic heterocycles. The molecular weight excluding hydrogens is 336 g/mol. The Morgan fingerprint density at radius 1 is 1.11 bits per heavy atom. The molecule has 0 aliphatic rings. The number of carbonyl (C=O) groups excluding carboxylic acids is 1. The number of hydrogen-bond acceptors (Lipinski definition) is 4. The molecule has 1 N–H and O–H groups in total. The Bertz CT molecular complexity index is 925. The van der Waals surface area contributed by atoms with E-state index in [9.17, 15) is 4.79 Å². The summed E-state index contributed by atoms with van der Waals surface area (Å²) in [6, 6.07) is 17.9. The van der Waals surface area contributed by atoms with Crippen molar-refractivity contribution in [2.75, 3.05) is 18.5 Å². The number of rotatable bonds is 6. The minimum atomic E-state index is -0.176. The maximum Gasteiger partial charge on any atom is 0.256 e. The summed E-state index contributed by atoms with van der Waals surface area (Å²) in [7, 11) is 1.93. The molecule has 0 fully saturated rings. The highest BCUT2D eigenvalue weighted by Crippen LogP contribution is 2.22. The maximum absolute atomic E-state index is 12.7. The Kier molecular flexibility index (Phi) is 5.81. The van der Waals surface area contributed by atoms with Gasteiger partial charge in [0, 0.05) is 31.9 Å². The first-order chi connectivity index (χ1) is 13.1. The molecule has 3 aromatic rings. The van der Waals surface area contributed by atoms with Crippen molar-refractivity contribution in [3.63, 3.8) is 0 Å². The fourth-order valence-corrected chi connectivity index (χ4v) is 2.77. The van der Waals surface area contributed by atoms with Crippen LogP contribution in [0.3, 0.4) is 0 Å². The number of aromatic nitrogens is 2. The summed E-state index contributed by atoms with van der Waals surface area (Å²) >= 11 is 0. The molecule has 0 bridgehead atoms. The first kappa shape index (κ1) is 18.6.